The van der Waals surface area contributed by atoms with Gasteiger partial charge in [0.2, 0.25) is 0 Å². The number of nitrogens with one attached hydrogen (secondary N) is 2. The second kappa shape index (κ2) is 13.0. The van der Waals surface area contributed by atoms with Crippen molar-refractivity contribution in [2.45, 2.75) is 43.4 Å². The Hall–Kier alpha value is -1.11. The third-order valence-electron chi connectivity index (χ3n) is 5.93. The van der Waals surface area contributed by atoms with Crippen LogP contribution in [0, 0.1) is 0 Å². The minimum atomic E-state index is -4.36. The summed E-state index contributed by atoms with van der Waals surface area (Å²) in [5.74, 6) is 0.627. The largest absolute Gasteiger partial charge is 0.416 e. The van der Waals surface area contributed by atoms with Gasteiger partial charge in [0.05, 0.1) is 18.3 Å². The maximum absolute atomic E-state index is 13.2. The Labute approximate surface area is 204 Å². The summed E-state index contributed by atoms with van der Waals surface area (Å²) in [5, 5.41) is 6.57. The van der Waals surface area contributed by atoms with Crippen molar-refractivity contribution in [3.05, 3.63) is 35.4 Å². The second-order valence-electron chi connectivity index (χ2n) is 8.03. The SMILES string of the molecule is CN=C(NCCCOC1CCOC1)NCC1(c2cccc(C(F)(F)F)c2)CCOCC1.I. The van der Waals surface area contributed by atoms with Crippen molar-refractivity contribution >= 4 is 29.9 Å². The summed E-state index contributed by atoms with van der Waals surface area (Å²) >= 11 is 0. The van der Waals surface area contributed by atoms with Crippen molar-refractivity contribution in [1.29, 1.82) is 0 Å². The van der Waals surface area contributed by atoms with Crippen LogP contribution in [0.1, 0.15) is 36.8 Å². The summed E-state index contributed by atoms with van der Waals surface area (Å²) < 4.78 is 56.3. The van der Waals surface area contributed by atoms with Gasteiger partial charge in [-0.25, -0.2) is 0 Å². The van der Waals surface area contributed by atoms with Gasteiger partial charge in [-0.3, -0.25) is 4.99 Å². The normalized spacial score (nSPS) is 21.1. The van der Waals surface area contributed by atoms with Crippen LogP contribution in [0.2, 0.25) is 0 Å². The number of alkyl halides is 3. The van der Waals surface area contributed by atoms with E-state index in [0.717, 1.165) is 25.5 Å². The lowest BCUT2D eigenvalue weighted by Gasteiger charge is -2.38. The highest BCUT2D eigenvalue weighted by molar-refractivity contribution is 14.0. The lowest BCUT2D eigenvalue weighted by molar-refractivity contribution is -0.137. The molecule has 1 aromatic carbocycles. The minimum absolute atomic E-state index is 0. The van der Waals surface area contributed by atoms with Crippen LogP contribution in [0.25, 0.3) is 0 Å². The van der Waals surface area contributed by atoms with E-state index in [-0.39, 0.29) is 30.1 Å². The topological polar surface area (TPSA) is 64.1 Å². The molecule has 2 heterocycles. The maximum atomic E-state index is 13.2. The van der Waals surface area contributed by atoms with Crippen LogP contribution >= 0.6 is 24.0 Å². The molecule has 0 aromatic heterocycles. The molecule has 3 rings (SSSR count). The molecule has 32 heavy (non-hydrogen) atoms. The summed E-state index contributed by atoms with van der Waals surface area (Å²) in [4.78, 5) is 4.25. The highest BCUT2D eigenvalue weighted by atomic mass is 127. The van der Waals surface area contributed by atoms with Crippen LogP contribution in [0.5, 0.6) is 0 Å². The standard InChI is InChI=1S/C22H32F3N3O3.HI/c1-26-20(27-9-3-10-31-19-6-11-30-15-19)28-16-21(7-12-29-13-8-21)17-4-2-5-18(14-17)22(23,24)25;/h2,4-5,14,19H,3,6-13,15-16H2,1H3,(H2,26,27,28);1H. The average molecular weight is 571 g/mol. The third kappa shape index (κ3) is 7.74. The van der Waals surface area contributed by atoms with E-state index in [4.69, 9.17) is 14.2 Å². The zero-order valence-electron chi connectivity index (χ0n) is 18.4. The van der Waals surface area contributed by atoms with Gasteiger partial charge in [-0.2, -0.15) is 13.2 Å². The van der Waals surface area contributed by atoms with Gasteiger partial charge in [-0.05, 0) is 37.3 Å². The van der Waals surface area contributed by atoms with E-state index in [0.29, 0.717) is 63.9 Å². The Morgan fingerprint density at radius 1 is 1.19 bits per heavy atom. The van der Waals surface area contributed by atoms with Crippen molar-refractivity contribution in [3.8, 4) is 0 Å². The van der Waals surface area contributed by atoms with Crippen LogP contribution in [0.4, 0.5) is 13.2 Å². The molecule has 2 fully saturated rings. The van der Waals surface area contributed by atoms with Gasteiger partial charge in [-0.15, -0.1) is 24.0 Å². The van der Waals surface area contributed by atoms with Crippen molar-refractivity contribution in [2.75, 3.05) is 53.2 Å². The average Bonchev–Trinajstić information content (AvgIpc) is 3.29. The molecule has 2 aliphatic heterocycles. The first-order valence-corrected chi connectivity index (χ1v) is 10.8. The fourth-order valence-corrected chi connectivity index (χ4v) is 4.00. The Morgan fingerprint density at radius 3 is 2.62 bits per heavy atom. The number of hydrogen-bond acceptors (Lipinski definition) is 4. The Bertz CT molecular complexity index is 722. The number of hydrogen-bond donors (Lipinski definition) is 2. The zero-order chi connectivity index (χ0) is 22.2. The number of guanidine groups is 1. The van der Waals surface area contributed by atoms with Crippen LogP contribution in [-0.4, -0.2) is 65.2 Å². The second-order valence-corrected chi connectivity index (χ2v) is 8.03. The van der Waals surface area contributed by atoms with Crippen molar-refractivity contribution in [2.24, 2.45) is 4.99 Å². The summed E-state index contributed by atoms with van der Waals surface area (Å²) in [6, 6.07) is 5.65. The predicted molar refractivity (Wildman–Crippen MR) is 128 cm³/mol. The van der Waals surface area contributed by atoms with Crippen LogP contribution < -0.4 is 10.6 Å². The molecule has 0 amide bonds. The highest BCUT2D eigenvalue weighted by Crippen LogP contribution is 2.37. The smallest absolute Gasteiger partial charge is 0.381 e. The summed E-state index contributed by atoms with van der Waals surface area (Å²) in [5.41, 5.74) is -0.380. The first-order valence-electron chi connectivity index (χ1n) is 10.8. The van der Waals surface area contributed by atoms with Crippen LogP contribution in [0.3, 0.4) is 0 Å². The van der Waals surface area contributed by atoms with Crippen LogP contribution in [0.15, 0.2) is 29.3 Å². The molecule has 0 spiro atoms. The molecule has 0 aliphatic carbocycles. The maximum Gasteiger partial charge on any atom is 0.416 e. The van der Waals surface area contributed by atoms with E-state index in [9.17, 15) is 13.2 Å². The van der Waals surface area contributed by atoms with Gasteiger partial charge >= 0.3 is 6.18 Å². The fourth-order valence-electron chi connectivity index (χ4n) is 4.00. The van der Waals surface area contributed by atoms with Crippen molar-refractivity contribution in [3.63, 3.8) is 0 Å². The van der Waals surface area contributed by atoms with E-state index < -0.39 is 17.2 Å². The van der Waals surface area contributed by atoms with Gasteiger partial charge in [-0.1, -0.05) is 18.2 Å². The molecule has 2 N–H and O–H groups in total. The van der Waals surface area contributed by atoms with E-state index in [1.165, 1.54) is 12.1 Å². The highest BCUT2D eigenvalue weighted by Gasteiger charge is 2.37. The quantitative estimate of drug-likeness (QED) is 0.216. The number of halogens is 4. The molecule has 182 valence electrons. The molecule has 2 aliphatic rings. The lowest BCUT2D eigenvalue weighted by atomic mass is 9.73. The minimum Gasteiger partial charge on any atom is -0.381 e. The molecule has 0 radical (unpaired) electrons. The summed E-state index contributed by atoms with van der Waals surface area (Å²) in [6.45, 7) is 4.28. The Kier molecular flexibility index (Phi) is 11.0. The molecule has 1 atom stereocenters. The molecule has 2 saturated heterocycles. The number of ether oxygens (including phenoxy) is 3. The molecular weight excluding hydrogens is 538 g/mol. The lowest BCUT2D eigenvalue weighted by Crippen LogP contribution is -2.48. The van der Waals surface area contributed by atoms with Crippen molar-refractivity contribution < 1.29 is 27.4 Å². The van der Waals surface area contributed by atoms with Gasteiger partial charge in [0.1, 0.15) is 0 Å². The summed E-state index contributed by atoms with van der Waals surface area (Å²) in [6.07, 6.45) is -1.11. The molecule has 6 nitrogen and oxygen atoms in total. The van der Waals surface area contributed by atoms with Gasteiger partial charge in [0.25, 0.3) is 0 Å². The molecule has 1 aromatic rings. The Balaban J connectivity index is 0.00000363. The first-order chi connectivity index (χ1) is 14.9. The van der Waals surface area contributed by atoms with E-state index in [2.05, 4.69) is 15.6 Å². The zero-order valence-corrected chi connectivity index (χ0v) is 20.7. The number of benzene rings is 1. The van der Waals surface area contributed by atoms with Gasteiger partial charge in [0.15, 0.2) is 5.96 Å². The number of aliphatic imine (C=N–C) groups is 1. The third-order valence-corrected chi connectivity index (χ3v) is 5.93. The molecular formula is C22H33F3IN3O3. The Morgan fingerprint density at radius 2 is 1.97 bits per heavy atom. The molecule has 10 heteroatoms. The monoisotopic (exact) mass is 571 g/mol. The van der Waals surface area contributed by atoms with Gasteiger partial charge < -0.3 is 24.8 Å². The van der Waals surface area contributed by atoms with E-state index in [1.807, 2.05) is 0 Å². The molecule has 1 unspecified atom stereocenters. The molecule has 0 saturated carbocycles. The van der Waals surface area contributed by atoms with E-state index >= 15 is 0 Å². The molecule has 0 bridgehead atoms. The van der Waals surface area contributed by atoms with Crippen LogP contribution in [-0.2, 0) is 25.8 Å². The van der Waals surface area contributed by atoms with Crippen molar-refractivity contribution in [1.82, 2.24) is 10.6 Å². The number of rotatable bonds is 8. The fraction of sp³-hybridized carbons (Fsp3) is 0.682. The first kappa shape index (κ1) is 27.1. The predicted octanol–water partition coefficient (Wildman–Crippen LogP) is 3.73. The van der Waals surface area contributed by atoms with E-state index in [1.54, 1.807) is 13.1 Å². The van der Waals surface area contributed by atoms with Gasteiger partial charge in [0, 0.05) is 52.0 Å². The number of nitrogens with zero attached hydrogens (tertiary/aromatic N) is 1. The summed E-state index contributed by atoms with van der Waals surface area (Å²) in [7, 11) is 1.68.